The molecule has 2 unspecified atom stereocenters. The summed E-state index contributed by atoms with van der Waals surface area (Å²) in [6, 6.07) is 8.53. The number of ether oxygens (including phenoxy) is 2. The molecule has 23 heavy (non-hydrogen) atoms. The number of methoxy groups -OCH3 is 1. The van der Waals surface area contributed by atoms with E-state index in [1.54, 1.807) is 7.11 Å². The summed E-state index contributed by atoms with van der Waals surface area (Å²) in [5.74, 6) is 3.31. The van der Waals surface area contributed by atoms with Crippen molar-refractivity contribution < 1.29 is 9.47 Å². The third-order valence-electron chi connectivity index (χ3n) is 6.01. The van der Waals surface area contributed by atoms with E-state index >= 15 is 0 Å². The maximum atomic E-state index is 6.30. The third kappa shape index (κ3) is 4.29. The Morgan fingerprint density at radius 1 is 1.00 bits per heavy atom. The molecular formula is C21H32O2. The molecule has 1 heterocycles. The van der Waals surface area contributed by atoms with Crippen LogP contribution in [0.2, 0.25) is 0 Å². The summed E-state index contributed by atoms with van der Waals surface area (Å²) in [6.07, 6.45) is 11.4. The Bertz CT molecular complexity index is 451. The molecule has 0 radical (unpaired) electrons. The number of hydrogen-bond acceptors (Lipinski definition) is 2. The maximum absolute atomic E-state index is 6.30. The molecule has 2 nitrogen and oxygen atoms in total. The fraction of sp³-hybridized carbons (Fsp3) is 0.714. The van der Waals surface area contributed by atoms with Crippen molar-refractivity contribution in [2.24, 2.45) is 11.8 Å². The van der Waals surface area contributed by atoms with Gasteiger partial charge in [-0.1, -0.05) is 44.7 Å². The van der Waals surface area contributed by atoms with Gasteiger partial charge in [-0.05, 0) is 55.2 Å². The predicted molar refractivity (Wildman–Crippen MR) is 95.1 cm³/mol. The van der Waals surface area contributed by atoms with E-state index in [-0.39, 0.29) is 0 Å². The molecule has 1 aromatic carbocycles. The Morgan fingerprint density at radius 3 is 2.30 bits per heavy atom. The van der Waals surface area contributed by atoms with Crippen molar-refractivity contribution in [1.82, 2.24) is 0 Å². The van der Waals surface area contributed by atoms with E-state index in [4.69, 9.17) is 9.47 Å². The highest BCUT2D eigenvalue weighted by atomic mass is 16.5. The van der Waals surface area contributed by atoms with Crippen LogP contribution >= 0.6 is 0 Å². The molecule has 3 rings (SSSR count). The SMILES string of the molecule is CCCC1CCC(C2CCC(c3ccc(OC)cc3)CO2)CC1. The summed E-state index contributed by atoms with van der Waals surface area (Å²) in [4.78, 5) is 0. The lowest BCUT2D eigenvalue weighted by Crippen LogP contribution is -2.33. The van der Waals surface area contributed by atoms with Crippen molar-refractivity contribution in [2.45, 2.75) is 70.3 Å². The van der Waals surface area contributed by atoms with E-state index in [1.165, 1.54) is 56.9 Å². The standard InChI is InChI=1S/C21H32O2/c1-3-4-16-5-7-18(8-6-16)21-14-11-19(15-23-21)17-9-12-20(22-2)13-10-17/h9-10,12-13,16,18-19,21H,3-8,11,14-15H2,1-2H3. The summed E-state index contributed by atoms with van der Waals surface area (Å²) < 4.78 is 11.6. The van der Waals surface area contributed by atoms with E-state index in [2.05, 4.69) is 31.2 Å². The van der Waals surface area contributed by atoms with Gasteiger partial charge in [0.25, 0.3) is 0 Å². The quantitative estimate of drug-likeness (QED) is 0.707. The third-order valence-corrected chi connectivity index (χ3v) is 6.01. The average molecular weight is 316 g/mol. The second kappa shape index (κ2) is 8.19. The Kier molecular flexibility index (Phi) is 5.99. The van der Waals surface area contributed by atoms with E-state index in [0.717, 1.165) is 24.2 Å². The van der Waals surface area contributed by atoms with E-state index in [9.17, 15) is 0 Å². The van der Waals surface area contributed by atoms with E-state index in [1.807, 2.05) is 0 Å². The topological polar surface area (TPSA) is 18.5 Å². The zero-order chi connectivity index (χ0) is 16.1. The Hall–Kier alpha value is -1.02. The molecule has 2 atom stereocenters. The molecule has 2 heteroatoms. The first-order chi connectivity index (χ1) is 11.3. The summed E-state index contributed by atoms with van der Waals surface area (Å²) in [5.41, 5.74) is 1.40. The zero-order valence-electron chi connectivity index (χ0n) is 14.8. The monoisotopic (exact) mass is 316 g/mol. The van der Waals surface area contributed by atoms with Gasteiger partial charge in [-0.2, -0.15) is 0 Å². The molecule has 2 aliphatic rings. The van der Waals surface area contributed by atoms with Crippen molar-refractivity contribution in [3.63, 3.8) is 0 Å². The molecule has 1 aliphatic heterocycles. The van der Waals surface area contributed by atoms with Crippen LogP contribution in [-0.4, -0.2) is 19.8 Å². The van der Waals surface area contributed by atoms with Gasteiger partial charge in [-0.15, -0.1) is 0 Å². The van der Waals surface area contributed by atoms with Gasteiger partial charge in [0.05, 0.1) is 19.8 Å². The van der Waals surface area contributed by atoms with Crippen molar-refractivity contribution in [2.75, 3.05) is 13.7 Å². The average Bonchev–Trinajstić information content (AvgIpc) is 2.63. The van der Waals surface area contributed by atoms with Gasteiger partial charge >= 0.3 is 0 Å². The smallest absolute Gasteiger partial charge is 0.118 e. The maximum Gasteiger partial charge on any atom is 0.118 e. The first-order valence-electron chi connectivity index (χ1n) is 9.55. The van der Waals surface area contributed by atoms with Gasteiger partial charge in [0, 0.05) is 5.92 Å². The fourth-order valence-corrected chi connectivity index (χ4v) is 4.54. The summed E-state index contributed by atoms with van der Waals surface area (Å²) >= 11 is 0. The van der Waals surface area contributed by atoms with Crippen molar-refractivity contribution in [1.29, 1.82) is 0 Å². The minimum Gasteiger partial charge on any atom is -0.497 e. The molecule has 0 amide bonds. The summed E-state index contributed by atoms with van der Waals surface area (Å²) in [7, 11) is 1.72. The predicted octanol–water partition coefficient (Wildman–Crippen LogP) is 5.56. The van der Waals surface area contributed by atoms with Crippen LogP contribution in [0.5, 0.6) is 5.75 Å². The molecule has 1 aliphatic carbocycles. The van der Waals surface area contributed by atoms with E-state index in [0.29, 0.717) is 12.0 Å². The molecule has 0 bridgehead atoms. The van der Waals surface area contributed by atoms with Crippen molar-refractivity contribution >= 4 is 0 Å². The lowest BCUT2D eigenvalue weighted by Gasteiger charge is -2.38. The Labute approximate surface area is 141 Å². The van der Waals surface area contributed by atoms with Gasteiger partial charge in [-0.25, -0.2) is 0 Å². The first kappa shape index (κ1) is 16.8. The number of hydrogen-bond donors (Lipinski definition) is 0. The number of benzene rings is 1. The fourth-order valence-electron chi connectivity index (χ4n) is 4.54. The highest BCUT2D eigenvalue weighted by Gasteiger charge is 2.31. The van der Waals surface area contributed by atoms with Crippen LogP contribution in [0.1, 0.15) is 69.8 Å². The normalized spacial score (nSPS) is 31.7. The molecular weight excluding hydrogens is 284 g/mol. The number of rotatable bonds is 5. The van der Waals surface area contributed by atoms with Crippen molar-refractivity contribution in [3.8, 4) is 5.75 Å². The summed E-state index contributed by atoms with van der Waals surface area (Å²) in [5, 5.41) is 0. The van der Waals surface area contributed by atoms with Gasteiger partial charge in [-0.3, -0.25) is 0 Å². The highest BCUT2D eigenvalue weighted by Crippen LogP contribution is 2.39. The molecule has 0 N–H and O–H groups in total. The second-order valence-corrected chi connectivity index (χ2v) is 7.49. The van der Waals surface area contributed by atoms with E-state index < -0.39 is 0 Å². The summed E-state index contributed by atoms with van der Waals surface area (Å²) in [6.45, 7) is 3.21. The highest BCUT2D eigenvalue weighted by molar-refractivity contribution is 5.29. The molecule has 0 aromatic heterocycles. The molecule has 1 saturated carbocycles. The van der Waals surface area contributed by atoms with Gasteiger partial charge < -0.3 is 9.47 Å². The molecule has 0 spiro atoms. The Balaban J connectivity index is 1.46. The molecule has 1 aromatic rings. The molecule has 2 fully saturated rings. The van der Waals surface area contributed by atoms with Crippen LogP contribution in [0, 0.1) is 11.8 Å². The van der Waals surface area contributed by atoms with Crippen molar-refractivity contribution in [3.05, 3.63) is 29.8 Å². The minimum atomic E-state index is 0.520. The van der Waals surface area contributed by atoms with Gasteiger partial charge in [0.15, 0.2) is 0 Å². The van der Waals surface area contributed by atoms with Gasteiger partial charge in [0.2, 0.25) is 0 Å². The van der Waals surface area contributed by atoms with Gasteiger partial charge in [0.1, 0.15) is 5.75 Å². The minimum absolute atomic E-state index is 0.520. The molecule has 1 saturated heterocycles. The van der Waals surface area contributed by atoms with Crippen LogP contribution in [-0.2, 0) is 4.74 Å². The lowest BCUT2D eigenvalue weighted by molar-refractivity contribution is -0.0435. The second-order valence-electron chi connectivity index (χ2n) is 7.49. The zero-order valence-corrected chi connectivity index (χ0v) is 14.8. The Morgan fingerprint density at radius 2 is 1.74 bits per heavy atom. The van der Waals surface area contributed by atoms with Crippen LogP contribution in [0.4, 0.5) is 0 Å². The first-order valence-corrected chi connectivity index (χ1v) is 9.55. The van der Waals surface area contributed by atoms with Crippen LogP contribution in [0.3, 0.4) is 0 Å². The largest absolute Gasteiger partial charge is 0.497 e. The molecule has 128 valence electrons. The lowest BCUT2D eigenvalue weighted by atomic mass is 9.75. The van der Waals surface area contributed by atoms with Crippen LogP contribution in [0.15, 0.2) is 24.3 Å². The van der Waals surface area contributed by atoms with Crippen LogP contribution in [0.25, 0.3) is 0 Å². The van der Waals surface area contributed by atoms with Crippen LogP contribution < -0.4 is 4.74 Å².